The number of hydrogen-bond acceptors (Lipinski definition) is 5. The average Bonchev–Trinajstić information content (AvgIpc) is 3.16. The van der Waals surface area contributed by atoms with Gasteiger partial charge in [0.05, 0.1) is 13.2 Å². The van der Waals surface area contributed by atoms with Gasteiger partial charge in [0.2, 0.25) is 12.5 Å². The first kappa shape index (κ1) is 20.0. The maximum absolute atomic E-state index is 11.0. The summed E-state index contributed by atoms with van der Waals surface area (Å²) in [6.45, 7) is 5.59. The van der Waals surface area contributed by atoms with Crippen molar-refractivity contribution in [3.8, 4) is 17.2 Å². The first-order valence-corrected chi connectivity index (χ1v) is 10.4. The van der Waals surface area contributed by atoms with Gasteiger partial charge in [-0.15, -0.1) is 0 Å². The minimum atomic E-state index is -0.545. The zero-order valence-corrected chi connectivity index (χ0v) is 17.8. The van der Waals surface area contributed by atoms with E-state index in [1.54, 1.807) is 7.11 Å². The van der Waals surface area contributed by atoms with E-state index in [0.29, 0.717) is 18.1 Å². The highest BCUT2D eigenvalue weighted by atomic mass is 16.7. The molecule has 0 bridgehead atoms. The minimum absolute atomic E-state index is 0.0496. The Morgan fingerprint density at radius 1 is 1.21 bits per heavy atom. The predicted octanol–water partition coefficient (Wildman–Crippen LogP) is 4.28. The Hall–Kier alpha value is -2.24. The van der Waals surface area contributed by atoms with Crippen LogP contribution in [0.15, 0.2) is 30.3 Å². The van der Waals surface area contributed by atoms with Crippen molar-refractivity contribution in [3.05, 3.63) is 52.6 Å². The van der Waals surface area contributed by atoms with E-state index in [1.165, 1.54) is 11.1 Å². The van der Waals surface area contributed by atoms with Gasteiger partial charge in [-0.2, -0.15) is 0 Å². The van der Waals surface area contributed by atoms with Crippen molar-refractivity contribution in [1.29, 1.82) is 0 Å². The number of ether oxygens (including phenoxy) is 3. The summed E-state index contributed by atoms with van der Waals surface area (Å²) in [7, 11) is 3.78. The van der Waals surface area contributed by atoms with Gasteiger partial charge in [-0.05, 0) is 55.0 Å². The van der Waals surface area contributed by atoms with Crippen molar-refractivity contribution in [1.82, 2.24) is 4.90 Å². The Bertz CT molecular complexity index is 862. The van der Waals surface area contributed by atoms with E-state index >= 15 is 0 Å². The molecule has 2 heterocycles. The molecule has 2 atom stereocenters. The molecule has 0 aromatic heterocycles. The van der Waals surface area contributed by atoms with Crippen molar-refractivity contribution in [2.75, 3.05) is 27.5 Å². The molecule has 0 amide bonds. The molecule has 156 valence electrons. The lowest BCUT2D eigenvalue weighted by molar-refractivity contribution is 0.107. The lowest BCUT2D eigenvalue weighted by atomic mass is 9.87. The number of aliphatic hydroxyl groups is 1. The standard InChI is InChI=1S/C24H31NO4/c1-15(2)11-16-5-7-17(8-6-16)20(26)13-19-22-18(9-10-25(19)3)12-21-23(24(22)27-4)29-14-28-21/h5-8,12,15,19-20,26H,9-11,13-14H2,1-4H3. The third-order valence-electron chi connectivity index (χ3n) is 6.00. The summed E-state index contributed by atoms with van der Waals surface area (Å²) in [5.74, 6) is 2.80. The molecular formula is C24H31NO4. The van der Waals surface area contributed by atoms with Crippen LogP contribution in [0, 0.1) is 5.92 Å². The highest BCUT2D eigenvalue weighted by Crippen LogP contribution is 2.50. The van der Waals surface area contributed by atoms with Gasteiger partial charge in [0.1, 0.15) is 0 Å². The second kappa shape index (κ2) is 8.25. The van der Waals surface area contributed by atoms with Crippen LogP contribution in [0.5, 0.6) is 17.2 Å². The molecule has 0 radical (unpaired) electrons. The lowest BCUT2D eigenvalue weighted by Crippen LogP contribution is -2.33. The first-order chi connectivity index (χ1) is 14.0. The van der Waals surface area contributed by atoms with Crippen molar-refractivity contribution < 1.29 is 19.3 Å². The third kappa shape index (κ3) is 3.94. The van der Waals surface area contributed by atoms with Crippen LogP contribution in [0.1, 0.15) is 54.7 Å². The Morgan fingerprint density at radius 2 is 1.97 bits per heavy atom. The molecule has 2 aliphatic rings. The zero-order valence-electron chi connectivity index (χ0n) is 17.8. The normalized spacial score (nSPS) is 19.3. The maximum atomic E-state index is 11.0. The number of fused-ring (bicyclic) bond motifs is 2. The highest BCUT2D eigenvalue weighted by molar-refractivity contribution is 5.61. The van der Waals surface area contributed by atoms with E-state index < -0.39 is 6.10 Å². The number of rotatable bonds is 6. The molecule has 0 fully saturated rings. The Balaban J connectivity index is 1.61. The van der Waals surface area contributed by atoms with Crippen molar-refractivity contribution in [3.63, 3.8) is 0 Å². The van der Waals surface area contributed by atoms with Crippen LogP contribution in [-0.2, 0) is 12.8 Å². The van der Waals surface area contributed by atoms with Gasteiger partial charge in [0.15, 0.2) is 11.5 Å². The monoisotopic (exact) mass is 397 g/mol. The summed E-state index contributed by atoms with van der Waals surface area (Å²) in [4.78, 5) is 2.30. The summed E-state index contributed by atoms with van der Waals surface area (Å²) in [6.07, 6.45) is 2.04. The molecule has 2 unspecified atom stereocenters. The molecule has 0 saturated heterocycles. The van der Waals surface area contributed by atoms with Crippen molar-refractivity contribution in [2.24, 2.45) is 5.92 Å². The van der Waals surface area contributed by atoms with Crippen LogP contribution in [0.2, 0.25) is 0 Å². The second-order valence-electron chi connectivity index (χ2n) is 8.55. The number of hydrogen-bond donors (Lipinski definition) is 1. The summed E-state index contributed by atoms with van der Waals surface area (Å²) < 4.78 is 17.0. The Morgan fingerprint density at radius 3 is 2.66 bits per heavy atom. The highest BCUT2D eigenvalue weighted by Gasteiger charge is 2.35. The van der Waals surface area contributed by atoms with E-state index in [2.05, 4.69) is 56.1 Å². The third-order valence-corrected chi connectivity index (χ3v) is 6.00. The van der Waals surface area contributed by atoms with Gasteiger partial charge in [0.25, 0.3) is 0 Å². The molecule has 5 nitrogen and oxygen atoms in total. The summed E-state index contributed by atoms with van der Waals surface area (Å²) >= 11 is 0. The maximum Gasteiger partial charge on any atom is 0.231 e. The Kier molecular flexibility index (Phi) is 5.70. The topological polar surface area (TPSA) is 51.2 Å². The van der Waals surface area contributed by atoms with E-state index in [-0.39, 0.29) is 12.8 Å². The Labute approximate surface area is 173 Å². The van der Waals surface area contributed by atoms with Crippen molar-refractivity contribution in [2.45, 2.75) is 45.3 Å². The smallest absolute Gasteiger partial charge is 0.231 e. The molecular weight excluding hydrogens is 366 g/mol. The van der Waals surface area contributed by atoms with Gasteiger partial charge in [-0.3, -0.25) is 4.90 Å². The average molecular weight is 398 g/mol. The summed E-state index contributed by atoms with van der Waals surface area (Å²) in [6, 6.07) is 10.5. The van der Waals surface area contributed by atoms with Gasteiger partial charge < -0.3 is 19.3 Å². The van der Waals surface area contributed by atoms with Gasteiger partial charge >= 0.3 is 0 Å². The second-order valence-corrected chi connectivity index (χ2v) is 8.55. The van der Waals surface area contributed by atoms with Crippen LogP contribution in [0.3, 0.4) is 0 Å². The quantitative estimate of drug-likeness (QED) is 0.789. The summed E-state index contributed by atoms with van der Waals surface area (Å²) in [5.41, 5.74) is 4.60. The molecule has 2 aromatic rings. The molecule has 5 heteroatoms. The molecule has 0 aliphatic carbocycles. The fraction of sp³-hybridized carbons (Fsp3) is 0.500. The molecule has 0 saturated carbocycles. The number of methoxy groups -OCH3 is 1. The molecule has 2 aromatic carbocycles. The van der Waals surface area contributed by atoms with Crippen molar-refractivity contribution >= 4 is 0 Å². The van der Waals surface area contributed by atoms with E-state index in [1.807, 2.05) is 0 Å². The molecule has 0 spiro atoms. The van der Waals surface area contributed by atoms with Crippen LogP contribution in [-0.4, -0.2) is 37.5 Å². The number of aliphatic hydroxyl groups excluding tert-OH is 1. The predicted molar refractivity (Wildman–Crippen MR) is 113 cm³/mol. The first-order valence-electron chi connectivity index (χ1n) is 10.4. The number of likely N-dealkylation sites (N-methyl/N-ethyl adjacent to an activating group) is 1. The van der Waals surface area contributed by atoms with Gasteiger partial charge in [0, 0.05) is 18.2 Å². The van der Waals surface area contributed by atoms with E-state index in [4.69, 9.17) is 14.2 Å². The zero-order chi connectivity index (χ0) is 20.5. The van der Waals surface area contributed by atoms with Crippen LogP contribution >= 0.6 is 0 Å². The molecule has 2 aliphatic heterocycles. The largest absolute Gasteiger partial charge is 0.492 e. The van der Waals surface area contributed by atoms with Crippen LogP contribution < -0.4 is 14.2 Å². The van der Waals surface area contributed by atoms with Gasteiger partial charge in [-0.25, -0.2) is 0 Å². The summed E-state index contributed by atoms with van der Waals surface area (Å²) in [5, 5.41) is 11.0. The number of benzene rings is 2. The van der Waals surface area contributed by atoms with Gasteiger partial charge in [-0.1, -0.05) is 38.1 Å². The lowest BCUT2D eigenvalue weighted by Gasteiger charge is -2.37. The minimum Gasteiger partial charge on any atom is -0.492 e. The fourth-order valence-corrected chi connectivity index (χ4v) is 4.52. The van der Waals surface area contributed by atoms with E-state index in [0.717, 1.165) is 42.0 Å². The number of nitrogens with zero attached hydrogens (tertiary/aromatic N) is 1. The van der Waals surface area contributed by atoms with Crippen LogP contribution in [0.25, 0.3) is 0 Å². The molecule has 29 heavy (non-hydrogen) atoms. The molecule has 4 rings (SSSR count). The van der Waals surface area contributed by atoms with E-state index in [9.17, 15) is 5.11 Å². The molecule has 1 N–H and O–H groups in total. The van der Waals surface area contributed by atoms with Crippen LogP contribution in [0.4, 0.5) is 0 Å². The SMILES string of the molecule is COc1c2c(cc3c1C(CC(O)c1ccc(CC(C)C)cc1)N(C)CC3)OCO2. The fourth-order valence-electron chi connectivity index (χ4n) is 4.52.